The molecule has 3 rings (SSSR count). The average molecular weight is 425 g/mol. The number of unbranched alkanes of at least 4 members (excludes halogenated alkanes) is 3. The molecule has 2 aromatic rings. The van der Waals surface area contributed by atoms with E-state index in [1.54, 1.807) is 30.3 Å². The van der Waals surface area contributed by atoms with E-state index in [1.807, 2.05) is 18.2 Å². The van der Waals surface area contributed by atoms with E-state index in [0.29, 0.717) is 35.7 Å². The molecular formula is C25H32N2O4. The van der Waals surface area contributed by atoms with Gasteiger partial charge < -0.3 is 20.1 Å². The molecule has 6 heteroatoms. The fourth-order valence-electron chi connectivity index (χ4n) is 3.54. The third-order valence-corrected chi connectivity index (χ3v) is 5.28. The van der Waals surface area contributed by atoms with E-state index in [1.165, 1.54) is 12.8 Å². The van der Waals surface area contributed by atoms with E-state index in [2.05, 4.69) is 17.6 Å². The molecule has 0 aliphatic carbocycles. The van der Waals surface area contributed by atoms with Crippen LogP contribution in [0.3, 0.4) is 0 Å². The van der Waals surface area contributed by atoms with Crippen LogP contribution in [0.5, 0.6) is 5.75 Å². The molecule has 2 aromatic carbocycles. The molecule has 31 heavy (non-hydrogen) atoms. The first-order valence-corrected chi connectivity index (χ1v) is 11.2. The molecule has 1 saturated heterocycles. The number of para-hydroxylation sites is 1. The van der Waals surface area contributed by atoms with Crippen molar-refractivity contribution in [1.29, 1.82) is 0 Å². The van der Waals surface area contributed by atoms with Crippen LogP contribution in [0.25, 0.3) is 0 Å². The van der Waals surface area contributed by atoms with E-state index in [0.717, 1.165) is 32.3 Å². The third-order valence-electron chi connectivity index (χ3n) is 5.28. The number of ether oxygens (including phenoxy) is 2. The molecule has 1 unspecified atom stereocenters. The molecule has 0 bridgehead atoms. The highest BCUT2D eigenvalue weighted by Crippen LogP contribution is 2.21. The lowest BCUT2D eigenvalue weighted by molar-refractivity contribution is 0.0857. The number of carbonyl (C=O) groups excluding carboxylic acids is 2. The SMILES string of the molecule is CCCCCCOc1ccccc1C(=O)Nc1cccc(C(=O)NCC2CCCO2)c1. The van der Waals surface area contributed by atoms with Crippen LogP contribution in [0.15, 0.2) is 48.5 Å². The largest absolute Gasteiger partial charge is 0.493 e. The molecule has 2 amide bonds. The van der Waals surface area contributed by atoms with Gasteiger partial charge in [0.2, 0.25) is 0 Å². The highest BCUT2D eigenvalue weighted by atomic mass is 16.5. The van der Waals surface area contributed by atoms with Crippen LogP contribution in [0.1, 0.15) is 66.2 Å². The molecule has 1 aliphatic heterocycles. The Morgan fingerprint density at radius 2 is 1.94 bits per heavy atom. The monoisotopic (exact) mass is 424 g/mol. The van der Waals surface area contributed by atoms with Crippen molar-refractivity contribution < 1.29 is 19.1 Å². The van der Waals surface area contributed by atoms with Gasteiger partial charge in [0.25, 0.3) is 11.8 Å². The zero-order valence-electron chi connectivity index (χ0n) is 18.2. The summed E-state index contributed by atoms with van der Waals surface area (Å²) >= 11 is 0. The van der Waals surface area contributed by atoms with Crippen molar-refractivity contribution in [3.63, 3.8) is 0 Å². The number of hydrogen-bond donors (Lipinski definition) is 2. The van der Waals surface area contributed by atoms with Crippen LogP contribution in [-0.4, -0.2) is 37.7 Å². The van der Waals surface area contributed by atoms with Gasteiger partial charge in [-0.1, -0.05) is 44.4 Å². The summed E-state index contributed by atoms with van der Waals surface area (Å²) in [6.07, 6.45) is 6.53. The zero-order chi connectivity index (χ0) is 21.9. The maximum absolute atomic E-state index is 12.8. The van der Waals surface area contributed by atoms with Gasteiger partial charge in [-0.05, 0) is 49.6 Å². The van der Waals surface area contributed by atoms with Gasteiger partial charge in [0, 0.05) is 24.4 Å². The summed E-state index contributed by atoms with van der Waals surface area (Å²) < 4.78 is 11.4. The summed E-state index contributed by atoms with van der Waals surface area (Å²) in [5.41, 5.74) is 1.54. The zero-order valence-corrected chi connectivity index (χ0v) is 18.2. The lowest BCUT2D eigenvalue weighted by Gasteiger charge is -2.13. The Bertz CT molecular complexity index is 862. The average Bonchev–Trinajstić information content (AvgIpc) is 3.31. The number of anilines is 1. The molecule has 0 spiro atoms. The van der Waals surface area contributed by atoms with Crippen molar-refractivity contribution in [3.05, 3.63) is 59.7 Å². The molecule has 1 fully saturated rings. The maximum atomic E-state index is 12.8. The molecule has 1 heterocycles. The van der Waals surface area contributed by atoms with Gasteiger partial charge in [-0.15, -0.1) is 0 Å². The van der Waals surface area contributed by atoms with Gasteiger partial charge in [-0.2, -0.15) is 0 Å². The minimum Gasteiger partial charge on any atom is -0.493 e. The number of rotatable bonds is 11. The van der Waals surface area contributed by atoms with E-state index in [9.17, 15) is 9.59 Å². The van der Waals surface area contributed by atoms with E-state index < -0.39 is 0 Å². The lowest BCUT2D eigenvalue weighted by Crippen LogP contribution is -2.31. The third kappa shape index (κ3) is 7.10. The topological polar surface area (TPSA) is 76.7 Å². The Balaban J connectivity index is 1.57. The molecular weight excluding hydrogens is 392 g/mol. The summed E-state index contributed by atoms with van der Waals surface area (Å²) in [5.74, 6) is 0.130. The minimum absolute atomic E-state index is 0.0882. The summed E-state index contributed by atoms with van der Waals surface area (Å²) in [6.45, 7) is 4.01. The normalized spacial score (nSPS) is 15.5. The fourth-order valence-corrected chi connectivity index (χ4v) is 3.54. The van der Waals surface area contributed by atoms with Gasteiger partial charge in [0.1, 0.15) is 5.75 Å². The Morgan fingerprint density at radius 1 is 1.06 bits per heavy atom. The highest BCUT2D eigenvalue weighted by Gasteiger charge is 2.17. The van der Waals surface area contributed by atoms with Crippen LogP contribution in [0.4, 0.5) is 5.69 Å². The summed E-state index contributed by atoms with van der Waals surface area (Å²) in [7, 11) is 0. The fraction of sp³-hybridized carbons (Fsp3) is 0.440. The predicted molar refractivity (Wildman–Crippen MR) is 122 cm³/mol. The standard InChI is InChI=1S/C25H32N2O4/c1-2-3-4-7-15-31-23-14-6-5-13-22(23)25(29)27-20-11-8-10-19(17-20)24(28)26-18-21-12-9-16-30-21/h5-6,8,10-11,13-14,17,21H,2-4,7,9,12,15-16,18H2,1H3,(H,26,28)(H,27,29). The predicted octanol–water partition coefficient (Wildman–Crippen LogP) is 4.81. The van der Waals surface area contributed by atoms with Crippen molar-refractivity contribution in [2.75, 3.05) is 25.1 Å². The molecule has 2 N–H and O–H groups in total. The molecule has 0 saturated carbocycles. The van der Waals surface area contributed by atoms with Gasteiger partial charge in [0.15, 0.2) is 0 Å². The Kier molecular flexibility index (Phi) is 8.91. The van der Waals surface area contributed by atoms with Crippen molar-refractivity contribution in [3.8, 4) is 5.75 Å². The van der Waals surface area contributed by atoms with Crippen LogP contribution in [0.2, 0.25) is 0 Å². The second-order valence-electron chi connectivity index (χ2n) is 7.79. The Morgan fingerprint density at radius 3 is 2.74 bits per heavy atom. The molecule has 6 nitrogen and oxygen atoms in total. The Hall–Kier alpha value is -2.86. The number of amides is 2. The van der Waals surface area contributed by atoms with Gasteiger partial charge in [-0.3, -0.25) is 9.59 Å². The van der Waals surface area contributed by atoms with Crippen LogP contribution < -0.4 is 15.4 Å². The maximum Gasteiger partial charge on any atom is 0.259 e. The second kappa shape index (κ2) is 12.1. The summed E-state index contributed by atoms with van der Waals surface area (Å²) in [4.78, 5) is 25.3. The minimum atomic E-state index is -0.263. The van der Waals surface area contributed by atoms with Crippen LogP contribution in [0, 0.1) is 0 Å². The van der Waals surface area contributed by atoms with Crippen molar-refractivity contribution >= 4 is 17.5 Å². The summed E-state index contributed by atoms with van der Waals surface area (Å²) in [6, 6.07) is 14.2. The first-order chi connectivity index (χ1) is 15.2. The van der Waals surface area contributed by atoms with Gasteiger partial charge in [-0.25, -0.2) is 0 Å². The van der Waals surface area contributed by atoms with E-state index in [4.69, 9.17) is 9.47 Å². The lowest BCUT2D eigenvalue weighted by atomic mass is 10.1. The van der Waals surface area contributed by atoms with Gasteiger partial charge >= 0.3 is 0 Å². The smallest absolute Gasteiger partial charge is 0.259 e. The number of nitrogens with one attached hydrogen (secondary N) is 2. The van der Waals surface area contributed by atoms with Crippen LogP contribution >= 0.6 is 0 Å². The first kappa shape index (κ1) is 22.8. The Labute approximate surface area is 184 Å². The molecule has 0 radical (unpaired) electrons. The van der Waals surface area contributed by atoms with Gasteiger partial charge in [0.05, 0.1) is 18.3 Å². The molecule has 1 aliphatic rings. The van der Waals surface area contributed by atoms with Crippen molar-refractivity contribution in [1.82, 2.24) is 5.32 Å². The van der Waals surface area contributed by atoms with Crippen molar-refractivity contribution in [2.45, 2.75) is 51.6 Å². The first-order valence-electron chi connectivity index (χ1n) is 11.2. The molecule has 0 aromatic heterocycles. The van der Waals surface area contributed by atoms with E-state index >= 15 is 0 Å². The second-order valence-corrected chi connectivity index (χ2v) is 7.79. The number of benzene rings is 2. The molecule has 166 valence electrons. The summed E-state index contributed by atoms with van der Waals surface area (Å²) in [5, 5.41) is 5.78. The highest BCUT2D eigenvalue weighted by molar-refractivity contribution is 6.06. The number of carbonyl (C=O) groups is 2. The van der Waals surface area contributed by atoms with Crippen molar-refractivity contribution in [2.24, 2.45) is 0 Å². The molecule has 1 atom stereocenters. The number of hydrogen-bond acceptors (Lipinski definition) is 4. The quantitative estimate of drug-likeness (QED) is 0.508. The van der Waals surface area contributed by atoms with Crippen LogP contribution in [-0.2, 0) is 4.74 Å². The van der Waals surface area contributed by atoms with E-state index in [-0.39, 0.29) is 17.9 Å².